The molecule has 2 N–H and O–H groups in total. The highest BCUT2D eigenvalue weighted by Crippen LogP contribution is 2.69. The Bertz CT molecular complexity index is 2030. The first kappa shape index (κ1) is 30.9. The number of fused-ring (bicyclic) bond motifs is 9. The predicted octanol–water partition coefficient (Wildman–Crippen LogP) is 6.46. The molecule has 246 valence electrons. The number of carbonyl (C=O) groups is 3. The van der Waals surface area contributed by atoms with Gasteiger partial charge in [-0.05, 0) is 67.5 Å². The summed E-state index contributed by atoms with van der Waals surface area (Å²) >= 11 is 2.69. The normalized spacial score (nSPS) is 27.1. The molecule has 2 saturated carbocycles. The Hall–Kier alpha value is -4.36. The zero-order chi connectivity index (χ0) is 33.5. The fourth-order valence-electron chi connectivity index (χ4n) is 8.30. The van der Waals surface area contributed by atoms with Gasteiger partial charge in [-0.25, -0.2) is 0 Å². The molecule has 0 radical (unpaired) electrons. The number of imide groups is 1. The number of nitrogens with zero attached hydrogens (tertiary/aromatic N) is 1. The van der Waals surface area contributed by atoms with Crippen LogP contribution in [0.3, 0.4) is 0 Å². The van der Waals surface area contributed by atoms with Gasteiger partial charge in [-0.1, -0.05) is 53.3 Å². The fraction of sp³-hybridized carbons (Fsp3) is 0.314. The van der Waals surface area contributed by atoms with Gasteiger partial charge < -0.3 is 15.0 Å². The summed E-state index contributed by atoms with van der Waals surface area (Å²) in [5.41, 5.74) is 1.45. The van der Waals surface area contributed by atoms with Crippen molar-refractivity contribution < 1.29 is 32.3 Å². The molecule has 0 spiro atoms. The average Bonchev–Trinajstić information content (AvgIpc) is 3.79. The molecule has 7 atom stereocenters. The van der Waals surface area contributed by atoms with Crippen LogP contribution in [0.2, 0.25) is 0 Å². The average molecular weight is 692 g/mol. The number of nitrogens with one attached hydrogen (secondary N) is 2. The van der Waals surface area contributed by atoms with E-state index in [2.05, 4.69) is 10.3 Å². The molecule has 1 aromatic heterocycles. The van der Waals surface area contributed by atoms with Gasteiger partial charge in [-0.3, -0.25) is 24.1 Å². The molecule has 3 aromatic carbocycles. The topological polar surface area (TPSA) is 109 Å². The van der Waals surface area contributed by atoms with Crippen LogP contribution in [-0.4, -0.2) is 34.6 Å². The third-order valence-corrected chi connectivity index (χ3v) is 12.7. The van der Waals surface area contributed by atoms with E-state index in [4.69, 9.17) is 4.74 Å². The maximum Gasteiger partial charge on any atom is 0.416 e. The molecule has 3 heterocycles. The Morgan fingerprint density at radius 3 is 2.46 bits per heavy atom. The van der Waals surface area contributed by atoms with Crippen LogP contribution >= 0.6 is 23.1 Å². The van der Waals surface area contributed by atoms with Crippen molar-refractivity contribution in [2.24, 2.45) is 29.6 Å². The summed E-state index contributed by atoms with van der Waals surface area (Å²) < 4.78 is 45.6. The van der Waals surface area contributed by atoms with Crippen LogP contribution in [0.4, 0.5) is 24.5 Å². The van der Waals surface area contributed by atoms with Crippen molar-refractivity contribution in [3.63, 3.8) is 0 Å². The molecule has 4 aromatic rings. The number of hydrogen-bond donors (Lipinski definition) is 2. The minimum atomic E-state index is -4.55. The van der Waals surface area contributed by atoms with E-state index in [0.29, 0.717) is 11.4 Å². The van der Waals surface area contributed by atoms with Crippen molar-refractivity contribution in [1.29, 1.82) is 0 Å². The van der Waals surface area contributed by atoms with E-state index in [1.54, 1.807) is 36.0 Å². The first-order chi connectivity index (χ1) is 23.0. The number of anilines is 2. The van der Waals surface area contributed by atoms with E-state index in [-0.39, 0.29) is 51.3 Å². The van der Waals surface area contributed by atoms with Crippen molar-refractivity contribution in [1.82, 2.24) is 4.98 Å². The first-order valence-corrected chi connectivity index (χ1v) is 17.2. The van der Waals surface area contributed by atoms with E-state index in [0.717, 1.165) is 50.9 Å². The van der Waals surface area contributed by atoms with Crippen LogP contribution < -0.4 is 19.8 Å². The molecule has 2 aliphatic heterocycles. The lowest BCUT2D eigenvalue weighted by molar-refractivity contribution is -0.137. The zero-order valence-electron chi connectivity index (χ0n) is 25.3. The standard InChI is InChI=1S/C35H28F3N3O5S2/c1-16-9-11-19(12-10-16)41-32(43)27-21-14-22(28(27)33(41)44)29-26(21)25(30-31(47-29)40-34(45)48-30)20-7-2-3-8-23(20)46-15-24(42)39-18-6-4-5-17(13-18)35(36,37)38/h2-13,21-22,25-29H,14-15H2,1H3,(H,39,42)(H,40,45)/t21-,22-,25-,26?,27?,28?,29?/m1/s1. The third-order valence-electron chi connectivity index (χ3n) is 10.1. The third kappa shape index (κ3) is 4.97. The van der Waals surface area contributed by atoms with Crippen LogP contribution in [0.15, 0.2) is 82.6 Å². The van der Waals surface area contributed by atoms with E-state index in [9.17, 15) is 32.3 Å². The van der Waals surface area contributed by atoms with Gasteiger partial charge in [0.25, 0.3) is 5.91 Å². The van der Waals surface area contributed by atoms with Crippen molar-refractivity contribution in [3.05, 3.63) is 104 Å². The minimum absolute atomic E-state index is 0.00686. The van der Waals surface area contributed by atoms with Gasteiger partial charge >= 0.3 is 11.0 Å². The van der Waals surface area contributed by atoms with Crippen molar-refractivity contribution in [3.8, 4) is 5.75 Å². The van der Waals surface area contributed by atoms with E-state index < -0.39 is 36.1 Å². The molecule has 2 bridgehead atoms. The Balaban J connectivity index is 1.09. The predicted molar refractivity (Wildman–Crippen MR) is 174 cm³/mol. The minimum Gasteiger partial charge on any atom is -0.483 e. The Labute approximate surface area is 280 Å². The number of thioether (sulfide) groups is 1. The lowest BCUT2D eigenvalue weighted by atomic mass is 9.68. The molecule has 4 aliphatic rings. The number of ether oxygens (including phenoxy) is 1. The number of amides is 3. The highest BCUT2D eigenvalue weighted by Gasteiger charge is 2.69. The molecule has 13 heteroatoms. The first-order valence-electron chi connectivity index (χ1n) is 15.5. The summed E-state index contributed by atoms with van der Waals surface area (Å²) in [7, 11) is 0. The zero-order valence-corrected chi connectivity index (χ0v) is 27.0. The second-order valence-electron chi connectivity index (χ2n) is 12.8. The van der Waals surface area contributed by atoms with Gasteiger partial charge in [0.15, 0.2) is 6.61 Å². The maximum atomic E-state index is 14.0. The van der Waals surface area contributed by atoms with E-state index >= 15 is 0 Å². The molecule has 1 saturated heterocycles. The van der Waals surface area contributed by atoms with Crippen LogP contribution in [-0.2, 0) is 20.6 Å². The van der Waals surface area contributed by atoms with Gasteiger partial charge in [0, 0.05) is 27.3 Å². The lowest BCUT2D eigenvalue weighted by Crippen LogP contribution is -2.42. The van der Waals surface area contributed by atoms with Gasteiger partial charge in [-0.15, -0.1) is 11.8 Å². The molecule has 8 rings (SSSR count). The molecule has 2 aliphatic carbocycles. The summed E-state index contributed by atoms with van der Waals surface area (Å²) in [6.45, 7) is 1.48. The molecule has 48 heavy (non-hydrogen) atoms. The fourth-order valence-corrected chi connectivity index (χ4v) is 11.2. The molecule has 4 unspecified atom stereocenters. The van der Waals surface area contributed by atoms with Crippen molar-refractivity contribution in [2.45, 2.75) is 35.7 Å². The van der Waals surface area contributed by atoms with Crippen LogP contribution in [0.1, 0.15) is 33.9 Å². The van der Waals surface area contributed by atoms with Crippen LogP contribution in [0.25, 0.3) is 0 Å². The quantitative estimate of drug-likeness (QED) is 0.225. The summed E-state index contributed by atoms with van der Waals surface area (Å²) in [4.78, 5) is 58.4. The van der Waals surface area contributed by atoms with Gasteiger partial charge in [0.2, 0.25) is 11.8 Å². The highest BCUT2D eigenvalue weighted by atomic mass is 32.2. The number of aryl methyl sites for hydroxylation is 1. The Morgan fingerprint density at radius 1 is 0.979 bits per heavy atom. The maximum absolute atomic E-state index is 14.0. The van der Waals surface area contributed by atoms with Crippen molar-refractivity contribution >= 4 is 52.2 Å². The monoisotopic (exact) mass is 691 g/mol. The molecule has 3 fully saturated rings. The van der Waals surface area contributed by atoms with E-state index in [1.165, 1.54) is 17.0 Å². The smallest absolute Gasteiger partial charge is 0.416 e. The van der Waals surface area contributed by atoms with Gasteiger partial charge in [-0.2, -0.15) is 13.2 Å². The Kier molecular flexibility index (Phi) is 7.33. The SMILES string of the molecule is Cc1ccc(N2C(=O)C3C(C2=O)[C@@H]2C[C@H]3C3Sc4[nH]c(=O)sc4[C@H](c4ccccc4OCC(=O)Nc4cccc(C(F)(F)F)c4)C32)cc1. The van der Waals surface area contributed by atoms with Gasteiger partial charge in [0.1, 0.15) is 5.75 Å². The number of hydrogen-bond acceptors (Lipinski definition) is 7. The number of alkyl halides is 3. The molecular weight excluding hydrogens is 664 g/mol. The molecule has 8 nitrogen and oxygen atoms in total. The number of aromatic nitrogens is 1. The number of H-pyrrole nitrogens is 1. The summed E-state index contributed by atoms with van der Waals surface area (Å²) in [6, 6.07) is 19.0. The number of benzene rings is 3. The van der Waals surface area contributed by atoms with E-state index in [1.807, 2.05) is 31.2 Å². The summed E-state index contributed by atoms with van der Waals surface area (Å²) in [5, 5.41) is 3.18. The number of aromatic amines is 1. The van der Waals surface area contributed by atoms with Gasteiger partial charge in [0.05, 0.1) is 28.1 Å². The number of thiazole rings is 1. The summed E-state index contributed by atoms with van der Waals surface area (Å²) in [5.74, 6) is -2.11. The van der Waals surface area contributed by atoms with Crippen molar-refractivity contribution in [2.75, 3.05) is 16.8 Å². The second kappa shape index (κ2) is 11.4. The highest BCUT2D eigenvalue weighted by molar-refractivity contribution is 8.00. The number of halogens is 3. The number of carbonyl (C=O) groups excluding carboxylic acids is 3. The lowest BCUT2D eigenvalue weighted by Gasteiger charge is -2.43. The summed E-state index contributed by atoms with van der Waals surface area (Å²) in [6.07, 6.45) is -3.83. The second-order valence-corrected chi connectivity index (χ2v) is 15.0. The molecular formula is C35H28F3N3O5S2. The largest absolute Gasteiger partial charge is 0.483 e. The number of rotatable bonds is 6. The molecule has 3 amide bonds. The number of para-hydroxylation sites is 1. The van der Waals surface area contributed by atoms with Crippen LogP contribution in [0, 0.1) is 36.5 Å². The Morgan fingerprint density at radius 2 is 1.71 bits per heavy atom. The van der Waals surface area contributed by atoms with Crippen LogP contribution in [0.5, 0.6) is 5.75 Å².